The Labute approximate surface area is 134 Å². The molecule has 114 valence electrons. The van der Waals surface area contributed by atoms with Gasteiger partial charge in [-0.3, -0.25) is 0 Å². The first-order valence-corrected chi connectivity index (χ1v) is 8.17. The molecule has 0 spiro atoms. The van der Waals surface area contributed by atoms with Crippen LogP contribution in [0.2, 0.25) is 0 Å². The van der Waals surface area contributed by atoms with E-state index in [1.807, 2.05) is 25.1 Å². The van der Waals surface area contributed by atoms with Gasteiger partial charge in [-0.05, 0) is 43.5 Å². The number of alkyl halides is 3. The third-order valence-electron chi connectivity index (χ3n) is 2.93. The van der Waals surface area contributed by atoms with Gasteiger partial charge in [0.15, 0.2) is 0 Å². The zero-order valence-corrected chi connectivity index (χ0v) is 14.4. The van der Waals surface area contributed by atoms with Crippen molar-refractivity contribution in [2.75, 3.05) is 6.54 Å². The summed E-state index contributed by atoms with van der Waals surface area (Å²) in [5.41, 5.74) is 1.00. The van der Waals surface area contributed by atoms with Gasteiger partial charge in [-0.25, -0.2) is 0 Å². The van der Waals surface area contributed by atoms with E-state index in [4.69, 9.17) is 0 Å². The fourth-order valence-electron chi connectivity index (χ4n) is 1.98. The fourth-order valence-corrected chi connectivity index (χ4v) is 3.30. The zero-order valence-electron chi connectivity index (χ0n) is 11.2. The lowest BCUT2D eigenvalue weighted by atomic mass is 10.0. The molecule has 0 aromatic heterocycles. The lowest BCUT2D eigenvalue weighted by Crippen LogP contribution is -2.23. The van der Waals surface area contributed by atoms with Crippen LogP contribution in [-0.2, 0) is 0 Å². The van der Waals surface area contributed by atoms with Crippen molar-refractivity contribution in [1.82, 2.24) is 5.32 Å². The Morgan fingerprint density at radius 1 is 1.25 bits per heavy atom. The van der Waals surface area contributed by atoms with Crippen LogP contribution in [0.4, 0.5) is 13.2 Å². The summed E-state index contributed by atoms with van der Waals surface area (Å²) in [6.07, 6.45) is -3.26. The monoisotopic (exact) mass is 415 g/mol. The van der Waals surface area contributed by atoms with Crippen LogP contribution in [0.3, 0.4) is 0 Å². The van der Waals surface area contributed by atoms with Gasteiger partial charge < -0.3 is 5.32 Å². The minimum atomic E-state index is -4.08. The van der Waals surface area contributed by atoms with E-state index in [9.17, 15) is 13.2 Å². The van der Waals surface area contributed by atoms with Crippen LogP contribution in [0.1, 0.15) is 44.2 Å². The maximum Gasteiger partial charge on any atom is 0.389 e. The van der Waals surface area contributed by atoms with Gasteiger partial charge in [-0.15, -0.1) is 0 Å². The number of nitrogens with one attached hydrogen (secondary N) is 1. The van der Waals surface area contributed by atoms with Crippen molar-refractivity contribution in [1.29, 1.82) is 0 Å². The second-order valence-corrected chi connectivity index (χ2v) is 6.45. The van der Waals surface area contributed by atoms with Crippen LogP contribution >= 0.6 is 31.9 Å². The molecule has 0 saturated heterocycles. The Bertz CT molecular complexity index is 421. The molecule has 0 fully saturated rings. The minimum Gasteiger partial charge on any atom is -0.310 e. The molecule has 20 heavy (non-hydrogen) atoms. The third kappa shape index (κ3) is 6.59. The summed E-state index contributed by atoms with van der Waals surface area (Å²) in [7, 11) is 0. The molecule has 0 aliphatic rings. The second kappa shape index (κ2) is 8.39. The van der Waals surface area contributed by atoms with Crippen molar-refractivity contribution < 1.29 is 13.2 Å². The maximum absolute atomic E-state index is 12.3. The molecule has 1 rings (SSSR count). The summed E-state index contributed by atoms with van der Waals surface area (Å²) in [4.78, 5) is 0. The SMILES string of the molecule is CCCNC(CCCC(F)(F)F)c1ccc(Br)cc1Br. The molecule has 1 nitrogen and oxygen atoms in total. The standard InChI is InChI=1S/C14H18Br2F3N/c1-2-8-20-13(4-3-7-14(17,18)19)11-6-5-10(15)9-12(11)16/h5-6,9,13,20H,2-4,7-8H2,1H3. The summed E-state index contributed by atoms with van der Waals surface area (Å²) in [6, 6.07) is 5.71. The molecular weight excluding hydrogens is 399 g/mol. The van der Waals surface area contributed by atoms with Gasteiger partial charge in [0.25, 0.3) is 0 Å². The fraction of sp³-hybridized carbons (Fsp3) is 0.571. The van der Waals surface area contributed by atoms with Crippen molar-refractivity contribution in [2.24, 2.45) is 0 Å². The van der Waals surface area contributed by atoms with Crippen molar-refractivity contribution in [3.05, 3.63) is 32.7 Å². The summed E-state index contributed by atoms with van der Waals surface area (Å²) < 4.78 is 38.6. The molecule has 1 aromatic carbocycles. The average Bonchev–Trinajstić information content (AvgIpc) is 2.33. The normalized spacial score (nSPS) is 13.5. The molecule has 1 aromatic rings. The van der Waals surface area contributed by atoms with Crippen LogP contribution in [0, 0.1) is 0 Å². The van der Waals surface area contributed by atoms with Crippen molar-refractivity contribution in [3.8, 4) is 0 Å². The Kier molecular flexibility index (Phi) is 7.54. The average molecular weight is 417 g/mol. The molecule has 0 saturated carbocycles. The van der Waals surface area contributed by atoms with Crippen LogP contribution in [0.25, 0.3) is 0 Å². The van der Waals surface area contributed by atoms with Crippen molar-refractivity contribution in [3.63, 3.8) is 0 Å². The highest BCUT2D eigenvalue weighted by Crippen LogP contribution is 2.31. The molecule has 0 aliphatic carbocycles. The van der Waals surface area contributed by atoms with Gasteiger partial charge in [0, 0.05) is 21.4 Å². The van der Waals surface area contributed by atoms with Gasteiger partial charge in [0.05, 0.1) is 0 Å². The molecule has 0 heterocycles. The summed E-state index contributed by atoms with van der Waals surface area (Å²) in [6.45, 7) is 2.83. The molecule has 0 aliphatic heterocycles. The van der Waals surface area contributed by atoms with Crippen LogP contribution in [0.5, 0.6) is 0 Å². The molecule has 6 heteroatoms. The predicted octanol–water partition coefficient (Wildman–Crippen LogP) is 5.98. The van der Waals surface area contributed by atoms with Gasteiger partial charge >= 0.3 is 6.18 Å². The van der Waals surface area contributed by atoms with E-state index in [2.05, 4.69) is 37.2 Å². The molecule has 0 bridgehead atoms. The minimum absolute atomic E-state index is 0.0558. The van der Waals surface area contributed by atoms with Crippen LogP contribution < -0.4 is 5.32 Å². The Morgan fingerprint density at radius 2 is 1.95 bits per heavy atom. The van der Waals surface area contributed by atoms with Crippen LogP contribution in [0.15, 0.2) is 27.1 Å². The molecule has 0 amide bonds. The number of hydrogen-bond acceptors (Lipinski definition) is 1. The second-order valence-electron chi connectivity index (χ2n) is 4.68. The number of benzene rings is 1. The Hall–Kier alpha value is -0.0700. The topological polar surface area (TPSA) is 12.0 Å². The smallest absolute Gasteiger partial charge is 0.310 e. The van der Waals surface area contributed by atoms with Gasteiger partial charge in [-0.2, -0.15) is 13.2 Å². The van der Waals surface area contributed by atoms with E-state index < -0.39 is 12.6 Å². The highest BCUT2D eigenvalue weighted by molar-refractivity contribution is 9.11. The van der Waals surface area contributed by atoms with E-state index in [1.165, 1.54) is 0 Å². The first-order valence-electron chi connectivity index (χ1n) is 6.58. The summed E-state index contributed by atoms with van der Waals surface area (Å²) >= 11 is 6.86. The van der Waals surface area contributed by atoms with Crippen molar-refractivity contribution >= 4 is 31.9 Å². The molecule has 1 atom stereocenters. The predicted molar refractivity (Wildman–Crippen MR) is 82.8 cm³/mol. The summed E-state index contributed by atoms with van der Waals surface area (Å²) in [5, 5.41) is 3.32. The number of hydrogen-bond donors (Lipinski definition) is 1. The number of halogens is 5. The molecule has 1 N–H and O–H groups in total. The van der Waals surface area contributed by atoms with Gasteiger partial charge in [0.2, 0.25) is 0 Å². The Morgan fingerprint density at radius 3 is 2.50 bits per heavy atom. The van der Waals surface area contributed by atoms with E-state index in [1.54, 1.807) is 0 Å². The maximum atomic E-state index is 12.3. The zero-order chi connectivity index (χ0) is 15.2. The molecule has 0 radical (unpaired) electrons. The van der Waals surface area contributed by atoms with E-state index in [0.29, 0.717) is 6.42 Å². The largest absolute Gasteiger partial charge is 0.389 e. The third-order valence-corrected chi connectivity index (χ3v) is 4.11. The molecular formula is C14H18Br2F3N. The first-order chi connectivity index (χ1) is 9.33. The highest BCUT2D eigenvalue weighted by atomic mass is 79.9. The summed E-state index contributed by atoms with van der Waals surface area (Å²) in [5.74, 6) is 0. The highest BCUT2D eigenvalue weighted by Gasteiger charge is 2.27. The van der Waals surface area contributed by atoms with Gasteiger partial charge in [0.1, 0.15) is 0 Å². The van der Waals surface area contributed by atoms with E-state index in [-0.39, 0.29) is 12.5 Å². The van der Waals surface area contributed by atoms with E-state index in [0.717, 1.165) is 27.5 Å². The lowest BCUT2D eigenvalue weighted by Gasteiger charge is -2.21. The van der Waals surface area contributed by atoms with Crippen LogP contribution in [-0.4, -0.2) is 12.7 Å². The molecule has 1 unspecified atom stereocenters. The first kappa shape index (κ1) is 18.0. The quantitative estimate of drug-likeness (QED) is 0.575. The Balaban J connectivity index is 2.72. The lowest BCUT2D eigenvalue weighted by molar-refractivity contribution is -0.135. The van der Waals surface area contributed by atoms with Gasteiger partial charge in [-0.1, -0.05) is 44.8 Å². The van der Waals surface area contributed by atoms with E-state index >= 15 is 0 Å². The number of rotatable bonds is 7. The van der Waals surface area contributed by atoms with Crippen molar-refractivity contribution in [2.45, 2.75) is 44.8 Å².